The molecule has 0 aliphatic heterocycles. The highest BCUT2D eigenvalue weighted by atomic mass is 16.5. The van der Waals surface area contributed by atoms with E-state index < -0.39 is 0 Å². The molecule has 1 fully saturated rings. The molecule has 4 nitrogen and oxygen atoms in total. The Labute approximate surface area is 131 Å². The second-order valence-electron chi connectivity index (χ2n) is 6.86. The van der Waals surface area contributed by atoms with Crippen LogP contribution in [-0.2, 0) is 4.74 Å². The number of aliphatic hydroxyl groups is 1. The molecule has 0 radical (unpaired) electrons. The van der Waals surface area contributed by atoms with Crippen molar-refractivity contribution in [1.82, 2.24) is 10.2 Å². The van der Waals surface area contributed by atoms with E-state index in [-0.39, 0.29) is 12.1 Å². The molecule has 0 bridgehead atoms. The maximum atomic E-state index is 9.63. The van der Waals surface area contributed by atoms with Gasteiger partial charge in [-0.3, -0.25) is 4.90 Å². The monoisotopic (exact) mass is 300 g/mol. The van der Waals surface area contributed by atoms with Gasteiger partial charge in [-0.25, -0.2) is 0 Å². The second kappa shape index (κ2) is 9.78. The van der Waals surface area contributed by atoms with E-state index >= 15 is 0 Å². The molecule has 126 valence electrons. The second-order valence-corrected chi connectivity index (χ2v) is 6.86. The molecule has 0 heterocycles. The van der Waals surface area contributed by atoms with Gasteiger partial charge in [0.1, 0.15) is 0 Å². The zero-order valence-corrected chi connectivity index (χ0v) is 14.5. The quantitative estimate of drug-likeness (QED) is 0.548. The van der Waals surface area contributed by atoms with E-state index in [1.165, 1.54) is 12.8 Å². The lowest BCUT2D eigenvalue weighted by Crippen LogP contribution is -2.47. The van der Waals surface area contributed by atoms with Crippen LogP contribution < -0.4 is 5.32 Å². The standard InChI is InChI=1S/C17H36N2O2/c1-5-10-18-17(3,14-20)9-6-11-19(12-13-21-4)15(2)16-7-8-16/h15-16,18,20H,5-14H2,1-4H3. The van der Waals surface area contributed by atoms with E-state index in [2.05, 4.69) is 31.0 Å². The Morgan fingerprint density at radius 3 is 2.62 bits per heavy atom. The first kappa shape index (κ1) is 18.9. The lowest BCUT2D eigenvalue weighted by Gasteiger charge is -2.32. The normalized spacial score (nSPS) is 19.7. The molecule has 0 aromatic heterocycles. The van der Waals surface area contributed by atoms with Crippen LogP contribution in [-0.4, -0.2) is 61.5 Å². The fourth-order valence-corrected chi connectivity index (χ4v) is 2.93. The van der Waals surface area contributed by atoms with Crippen LogP contribution in [0.3, 0.4) is 0 Å². The van der Waals surface area contributed by atoms with E-state index in [1.807, 2.05) is 0 Å². The van der Waals surface area contributed by atoms with Crippen molar-refractivity contribution in [2.45, 2.75) is 64.5 Å². The van der Waals surface area contributed by atoms with Crippen LogP contribution in [0.4, 0.5) is 0 Å². The van der Waals surface area contributed by atoms with Crippen molar-refractivity contribution >= 4 is 0 Å². The van der Waals surface area contributed by atoms with Gasteiger partial charge < -0.3 is 15.2 Å². The molecule has 1 aliphatic carbocycles. The summed E-state index contributed by atoms with van der Waals surface area (Å²) in [7, 11) is 1.78. The predicted molar refractivity (Wildman–Crippen MR) is 88.7 cm³/mol. The number of ether oxygens (including phenoxy) is 1. The number of hydrogen-bond acceptors (Lipinski definition) is 4. The van der Waals surface area contributed by atoms with Crippen molar-refractivity contribution in [3.63, 3.8) is 0 Å². The molecule has 0 amide bonds. The van der Waals surface area contributed by atoms with Crippen molar-refractivity contribution in [2.24, 2.45) is 5.92 Å². The average Bonchev–Trinajstić information content (AvgIpc) is 3.32. The number of aliphatic hydroxyl groups excluding tert-OH is 1. The summed E-state index contributed by atoms with van der Waals surface area (Å²) < 4.78 is 5.25. The Bertz CT molecular complexity index is 272. The number of nitrogens with one attached hydrogen (secondary N) is 1. The van der Waals surface area contributed by atoms with Crippen molar-refractivity contribution in [2.75, 3.05) is 40.0 Å². The Hall–Kier alpha value is -0.160. The summed E-state index contributed by atoms with van der Waals surface area (Å²) in [4.78, 5) is 2.57. The molecule has 0 aromatic rings. The van der Waals surface area contributed by atoms with Gasteiger partial charge in [0.15, 0.2) is 0 Å². The third-order valence-corrected chi connectivity index (χ3v) is 4.79. The lowest BCUT2D eigenvalue weighted by molar-refractivity contribution is 0.108. The molecular formula is C17H36N2O2. The van der Waals surface area contributed by atoms with Gasteiger partial charge >= 0.3 is 0 Å². The van der Waals surface area contributed by atoms with Gasteiger partial charge in [0, 0.05) is 25.2 Å². The van der Waals surface area contributed by atoms with Crippen LogP contribution in [0.15, 0.2) is 0 Å². The Morgan fingerprint density at radius 2 is 2.10 bits per heavy atom. The highest BCUT2D eigenvalue weighted by Gasteiger charge is 2.32. The molecule has 1 aliphatic rings. The summed E-state index contributed by atoms with van der Waals surface area (Å²) in [6.07, 6.45) is 6.02. The topological polar surface area (TPSA) is 44.7 Å². The van der Waals surface area contributed by atoms with Gasteiger partial charge in [0.2, 0.25) is 0 Å². The largest absolute Gasteiger partial charge is 0.394 e. The maximum Gasteiger partial charge on any atom is 0.0610 e. The van der Waals surface area contributed by atoms with Crippen LogP contribution in [0, 0.1) is 5.92 Å². The van der Waals surface area contributed by atoms with E-state index in [9.17, 15) is 5.11 Å². The summed E-state index contributed by atoms with van der Waals surface area (Å²) in [5, 5.41) is 13.1. The van der Waals surface area contributed by atoms with Crippen molar-refractivity contribution in [3.05, 3.63) is 0 Å². The van der Waals surface area contributed by atoms with Crippen molar-refractivity contribution in [1.29, 1.82) is 0 Å². The smallest absolute Gasteiger partial charge is 0.0610 e. The molecule has 2 atom stereocenters. The molecule has 1 rings (SSSR count). The molecule has 0 spiro atoms. The summed E-state index contributed by atoms with van der Waals surface area (Å²) in [6, 6.07) is 0.670. The minimum Gasteiger partial charge on any atom is -0.394 e. The minimum absolute atomic E-state index is 0.133. The van der Waals surface area contributed by atoms with E-state index in [0.717, 1.165) is 51.4 Å². The van der Waals surface area contributed by atoms with E-state index in [1.54, 1.807) is 7.11 Å². The van der Waals surface area contributed by atoms with Crippen LogP contribution in [0.5, 0.6) is 0 Å². The summed E-state index contributed by atoms with van der Waals surface area (Å²) >= 11 is 0. The first-order valence-electron chi connectivity index (χ1n) is 8.65. The van der Waals surface area contributed by atoms with Gasteiger partial charge in [0.25, 0.3) is 0 Å². The van der Waals surface area contributed by atoms with Gasteiger partial charge in [-0.1, -0.05) is 6.92 Å². The summed E-state index contributed by atoms with van der Waals surface area (Å²) in [5.74, 6) is 0.893. The predicted octanol–water partition coefficient (Wildman–Crippen LogP) is 2.26. The molecule has 0 saturated heterocycles. The summed E-state index contributed by atoms with van der Waals surface area (Å²) in [6.45, 7) is 10.8. The highest BCUT2D eigenvalue weighted by molar-refractivity contribution is 4.87. The third kappa shape index (κ3) is 7.09. The van der Waals surface area contributed by atoms with Gasteiger partial charge in [-0.15, -0.1) is 0 Å². The van der Waals surface area contributed by atoms with E-state index in [0.29, 0.717) is 6.04 Å². The van der Waals surface area contributed by atoms with Gasteiger partial charge in [0.05, 0.1) is 13.2 Å². The third-order valence-electron chi connectivity index (χ3n) is 4.79. The first-order chi connectivity index (χ1) is 10.1. The van der Waals surface area contributed by atoms with Crippen molar-refractivity contribution in [3.8, 4) is 0 Å². The molecule has 1 saturated carbocycles. The fraction of sp³-hybridized carbons (Fsp3) is 1.00. The molecule has 4 heteroatoms. The summed E-state index contributed by atoms with van der Waals surface area (Å²) in [5.41, 5.74) is -0.133. The van der Waals surface area contributed by atoms with Crippen molar-refractivity contribution < 1.29 is 9.84 Å². The molecule has 21 heavy (non-hydrogen) atoms. The lowest BCUT2D eigenvalue weighted by atomic mass is 9.96. The number of methoxy groups -OCH3 is 1. The van der Waals surface area contributed by atoms with Gasteiger partial charge in [-0.2, -0.15) is 0 Å². The Morgan fingerprint density at radius 1 is 1.38 bits per heavy atom. The maximum absolute atomic E-state index is 9.63. The zero-order chi connectivity index (χ0) is 15.7. The van der Waals surface area contributed by atoms with E-state index in [4.69, 9.17) is 4.74 Å². The molecule has 2 unspecified atom stereocenters. The Kier molecular flexibility index (Phi) is 8.79. The zero-order valence-electron chi connectivity index (χ0n) is 14.5. The van der Waals surface area contributed by atoms with Crippen LogP contribution in [0.2, 0.25) is 0 Å². The number of hydrogen-bond donors (Lipinski definition) is 2. The SMILES string of the molecule is CCCNC(C)(CO)CCCN(CCOC)C(C)C1CC1. The Balaban J connectivity index is 2.36. The first-order valence-corrected chi connectivity index (χ1v) is 8.65. The average molecular weight is 300 g/mol. The number of rotatable bonds is 13. The number of nitrogens with zero attached hydrogens (tertiary/aromatic N) is 1. The van der Waals surface area contributed by atoms with Crippen LogP contribution in [0.25, 0.3) is 0 Å². The van der Waals surface area contributed by atoms with Crippen LogP contribution >= 0.6 is 0 Å². The fourth-order valence-electron chi connectivity index (χ4n) is 2.93. The molecule has 0 aromatic carbocycles. The molecular weight excluding hydrogens is 264 g/mol. The van der Waals surface area contributed by atoms with Crippen LogP contribution in [0.1, 0.15) is 52.9 Å². The highest BCUT2D eigenvalue weighted by Crippen LogP contribution is 2.35. The minimum atomic E-state index is -0.133. The molecule has 2 N–H and O–H groups in total. The van der Waals surface area contributed by atoms with Gasteiger partial charge in [-0.05, 0) is 65.0 Å².